The SMILES string of the molecule is C/C(CC(=O)Nc1cc(Cl)ccc1Cl)=N/NC(=O)CC#N. The minimum atomic E-state index is -0.532. The molecule has 0 atom stereocenters. The molecular formula is C13H12Cl2N4O2. The second-order valence-corrected chi connectivity index (χ2v) is 4.91. The standard InChI is InChI=1S/C13H12Cl2N4O2/c1-8(18-19-12(20)4-5-16)6-13(21)17-11-7-9(14)2-3-10(11)15/h2-3,7H,4,6H2,1H3,(H,17,21)(H,19,20)/b18-8-. The average molecular weight is 327 g/mol. The van der Waals surface area contributed by atoms with Gasteiger partial charge in [-0.25, -0.2) is 5.43 Å². The fourth-order valence-corrected chi connectivity index (χ4v) is 1.67. The highest BCUT2D eigenvalue weighted by atomic mass is 35.5. The molecule has 0 fully saturated rings. The van der Waals surface area contributed by atoms with Crippen LogP contribution in [0, 0.1) is 11.3 Å². The molecule has 1 aromatic rings. The number of carbonyl (C=O) groups excluding carboxylic acids is 2. The maximum Gasteiger partial charge on any atom is 0.254 e. The van der Waals surface area contributed by atoms with Crippen molar-refractivity contribution in [2.75, 3.05) is 5.32 Å². The number of benzene rings is 1. The molecule has 0 aliphatic rings. The Bertz CT molecular complexity index is 623. The Kier molecular flexibility index (Phi) is 6.66. The zero-order valence-electron chi connectivity index (χ0n) is 11.1. The summed E-state index contributed by atoms with van der Waals surface area (Å²) in [5.74, 6) is -0.884. The fourth-order valence-electron chi connectivity index (χ4n) is 1.33. The number of anilines is 1. The summed E-state index contributed by atoms with van der Waals surface area (Å²) in [5, 5.41) is 15.4. The summed E-state index contributed by atoms with van der Waals surface area (Å²) in [7, 11) is 0. The first kappa shape index (κ1) is 17.0. The van der Waals surface area contributed by atoms with Gasteiger partial charge in [-0.3, -0.25) is 9.59 Å². The van der Waals surface area contributed by atoms with E-state index in [2.05, 4.69) is 15.8 Å². The molecule has 0 saturated carbocycles. The maximum atomic E-state index is 11.8. The molecule has 1 aromatic carbocycles. The first-order chi connectivity index (χ1) is 9.92. The molecule has 6 nitrogen and oxygen atoms in total. The fraction of sp³-hybridized carbons (Fsp3) is 0.231. The third-order valence-corrected chi connectivity index (χ3v) is 2.79. The van der Waals surface area contributed by atoms with Gasteiger partial charge in [-0.15, -0.1) is 0 Å². The highest BCUT2D eigenvalue weighted by Gasteiger charge is 2.08. The molecule has 8 heteroatoms. The van der Waals surface area contributed by atoms with Crippen LogP contribution in [0.1, 0.15) is 19.8 Å². The number of carbonyl (C=O) groups is 2. The Balaban J connectivity index is 2.57. The summed E-state index contributed by atoms with van der Waals surface area (Å²) in [5.41, 5.74) is 2.96. The molecule has 0 radical (unpaired) electrons. The number of nitrogens with one attached hydrogen (secondary N) is 2. The molecule has 0 unspecified atom stereocenters. The highest BCUT2D eigenvalue weighted by molar-refractivity contribution is 6.35. The quantitative estimate of drug-likeness (QED) is 0.643. The molecule has 1 rings (SSSR count). The Hall–Kier alpha value is -2.10. The molecule has 0 aromatic heterocycles. The first-order valence-electron chi connectivity index (χ1n) is 5.86. The molecule has 0 heterocycles. The van der Waals surface area contributed by atoms with Crippen molar-refractivity contribution in [1.82, 2.24) is 5.43 Å². The van der Waals surface area contributed by atoms with Crippen LogP contribution < -0.4 is 10.7 Å². The van der Waals surface area contributed by atoms with E-state index in [1.807, 2.05) is 0 Å². The van der Waals surface area contributed by atoms with Crippen LogP contribution in [0.4, 0.5) is 5.69 Å². The van der Waals surface area contributed by atoms with Crippen LogP contribution in [0.15, 0.2) is 23.3 Å². The van der Waals surface area contributed by atoms with E-state index in [9.17, 15) is 9.59 Å². The van der Waals surface area contributed by atoms with E-state index in [-0.39, 0.29) is 18.7 Å². The van der Waals surface area contributed by atoms with Gasteiger partial charge in [0.15, 0.2) is 0 Å². The second kappa shape index (κ2) is 8.25. The Morgan fingerprint density at radius 1 is 1.33 bits per heavy atom. The summed E-state index contributed by atoms with van der Waals surface area (Å²) < 4.78 is 0. The van der Waals surface area contributed by atoms with Crippen LogP contribution in [-0.2, 0) is 9.59 Å². The van der Waals surface area contributed by atoms with Gasteiger partial charge < -0.3 is 5.32 Å². The number of halogens is 2. The lowest BCUT2D eigenvalue weighted by molar-refractivity contribution is -0.120. The van der Waals surface area contributed by atoms with Crippen LogP contribution >= 0.6 is 23.2 Å². The van der Waals surface area contributed by atoms with Gasteiger partial charge in [0.05, 0.1) is 23.2 Å². The van der Waals surface area contributed by atoms with E-state index in [0.717, 1.165) is 0 Å². The van der Waals surface area contributed by atoms with Crippen molar-refractivity contribution in [3.05, 3.63) is 28.2 Å². The molecule has 110 valence electrons. The molecule has 0 bridgehead atoms. The number of hydrogen-bond acceptors (Lipinski definition) is 4. The van der Waals surface area contributed by atoms with Crippen molar-refractivity contribution in [1.29, 1.82) is 5.26 Å². The molecule has 0 saturated heterocycles. The number of hydrogen-bond donors (Lipinski definition) is 2. The number of nitriles is 1. The van der Waals surface area contributed by atoms with Gasteiger partial charge in [0.2, 0.25) is 5.91 Å². The predicted molar refractivity (Wildman–Crippen MR) is 81.2 cm³/mol. The summed E-state index contributed by atoms with van der Waals surface area (Å²) in [6, 6.07) is 6.40. The van der Waals surface area contributed by atoms with E-state index in [1.54, 1.807) is 25.1 Å². The number of amides is 2. The average Bonchev–Trinajstić information content (AvgIpc) is 2.41. The molecule has 2 amide bonds. The Morgan fingerprint density at radius 3 is 2.71 bits per heavy atom. The van der Waals surface area contributed by atoms with E-state index < -0.39 is 5.91 Å². The lowest BCUT2D eigenvalue weighted by Crippen LogP contribution is -2.21. The largest absolute Gasteiger partial charge is 0.324 e. The lowest BCUT2D eigenvalue weighted by Gasteiger charge is -2.07. The third kappa shape index (κ3) is 6.25. The van der Waals surface area contributed by atoms with Gasteiger partial charge in [-0.05, 0) is 25.1 Å². The van der Waals surface area contributed by atoms with Crippen molar-refractivity contribution in [2.45, 2.75) is 19.8 Å². The van der Waals surface area contributed by atoms with Crippen LogP contribution in [-0.4, -0.2) is 17.5 Å². The normalized spacial score (nSPS) is 10.7. The molecular weight excluding hydrogens is 315 g/mol. The highest BCUT2D eigenvalue weighted by Crippen LogP contribution is 2.25. The lowest BCUT2D eigenvalue weighted by atomic mass is 10.2. The maximum absolute atomic E-state index is 11.8. The second-order valence-electron chi connectivity index (χ2n) is 4.07. The summed E-state index contributed by atoms with van der Waals surface area (Å²) in [4.78, 5) is 22.8. The molecule has 21 heavy (non-hydrogen) atoms. The van der Waals surface area contributed by atoms with Crippen LogP contribution in [0.5, 0.6) is 0 Å². The van der Waals surface area contributed by atoms with Gasteiger partial charge in [0.25, 0.3) is 5.91 Å². The third-order valence-electron chi connectivity index (χ3n) is 2.23. The van der Waals surface area contributed by atoms with Crippen molar-refractivity contribution in [3.63, 3.8) is 0 Å². The summed E-state index contributed by atoms with van der Waals surface area (Å²) >= 11 is 11.7. The first-order valence-corrected chi connectivity index (χ1v) is 6.62. The van der Waals surface area contributed by atoms with Crippen LogP contribution in [0.2, 0.25) is 10.0 Å². The topological polar surface area (TPSA) is 94.3 Å². The number of hydrazone groups is 1. The van der Waals surface area contributed by atoms with E-state index in [1.165, 1.54) is 6.07 Å². The van der Waals surface area contributed by atoms with Gasteiger partial charge in [0, 0.05) is 10.7 Å². The van der Waals surface area contributed by atoms with Gasteiger partial charge in [0.1, 0.15) is 6.42 Å². The van der Waals surface area contributed by atoms with Crippen molar-refractivity contribution in [3.8, 4) is 6.07 Å². The molecule has 2 N–H and O–H groups in total. The minimum absolute atomic E-state index is 0.0321. The Labute approximate surface area is 131 Å². The van der Waals surface area contributed by atoms with Gasteiger partial charge >= 0.3 is 0 Å². The zero-order valence-corrected chi connectivity index (χ0v) is 12.6. The van der Waals surface area contributed by atoms with Crippen LogP contribution in [0.25, 0.3) is 0 Å². The van der Waals surface area contributed by atoms with Crippen LogP contribution in [0.3, 0.4) is 0 Å². The molecule has 0 spiro atoms. The summed E-state index contributed by atoms with van der Waals surface area (Å²) in [6.45, 7) is 1.58. The molecule has 0 aliphatic heterocycles. The smallest absolute Gasteiger partial charge is 0.254 e. The molecule has 0 aliphatic carbocycles. The number of nitrogens with zero attached hydrogens (tertiary/aromatic N) is 2. The van der Waals surface area contributed by atoms with E-state index >= 15 is 0 Å². The van der Waals surface area contributed by atoms with Gasteiger partial charge in [-0.2, -0.15) is 10.4 Å². The Morgan fingerprint density at radius 2 is 2.05 bits per heavy atom. The van der Waals surface area contributed by atoms with E-state index in [4.69, 9.17) is 28.5 Å². The monoisotopic (exact) mass is 326 g/mol. The van der Waals surface area contributed by atoms with Crippen molar-refractivity contribution >= 4 is 46.4 Å². The summed E-state index contributed by atoms with van der Waals surface area (Å²) in [6.07, 6.45) is -0.323. The predicted octanol–water partition coefficient (Wildman–Crippen LogP) is 2.73. The zero-order chi connectivity index (χ0) is 15.8. The van der Waals surface area contributed by atoms with E-state index in [0.29, 0.717) is 21.4 Å². The van der Waals surface area contributed by atoms with Gasteiger partial charge in [-0.1, -0.05) is 23.2 Å². The minimum Gasteiger partial charge on any atom is -0.324 e. The van der Waals surface area contributed by atoms with Crippen molar-refractivity contribution in [2.24, 2.45) is 5.10 Å². The number of rotatable bonds is 5. The van der Waals surface area contributed by atoms with Crippen molar-refractivity contribution < 1.29 is 9.59 Å².